The molecular weight excluding hydrogens is 306 g/mol. The fraction of sp³-hybridized carbons (Fsp3) is 0.429. The maximum absolute atomic E-state index is 9.79. The summed E-state index contributed by atoms with van der Waals surface area (Å²) in [4.78, 5) is 0. The average Bonchev–Trinajstić information content (AvgIpc) is 2.51. The van der Waals surface area contributed by atoms with Crippen molar-refractivity contribution in [3.05, 3.63) is 35.9 Å². The second kappa shape index (κ2) is 7.61. The summed E-state index contributed by atoms with van der Waals surface area (Å²) in [6.07, 6.45) is -5.24. The van der Waals surface area contributed by atoms with E-state index in [0.29, 0.717) is 6.54 Å². The van der Waals surface area contributed by atoms with Crippen LogP contribution < -0.4 is 10.7 Å². The molecule has 0 aliphatic heterocycles. The quantitative estimate of drug-likeness (QED) is 0.307. The van der Waals surface area contributed by atoms with Crippen LogP contribution in [0.2, 0.25) is 0 Å². The van der Waals surface area contributed by atoms with Crippen LogP contribution in [-0.2, 0) is 6.54 Å². The summed E-state index contributed by atoms with van der Waals surface area (Å²) in [5.74, 6) is 0. The number of benzene rings is 1. The van der Waals surface area contributed by atoms with E-state index < -0.39 is 24.4 Å². The smallest absolute Gasteiger partial charge is 0.187 e. The van der Waals surface area contributed by atoms with Crippen LogP contribution in [0.1, 0.15) is 12.0 Å². The molecule has 1 aliphatic carbocycles. The van der Waals surface area contributed by atoms with Crippen molar-refractivity contribution in [3.63, 3.8) is 0 Å². The van der Waals surface area contributed by atoms with Crippen LogP contribution >= 0.6 is 12.2 Å². The Hall–Kier alpha value is -1.58. The van der Waals surface area contributed by atoms with E-state index in [-0.39, 0.29) is 17.2 Å². The Morgan fingerprint density at radius 1 is 1.18 bits per heavy atom. The lowest BCUT2D eigenvalue weighted by Gasteiger charge is -2.32. The van der Waals surface area contributed by atoms with Gasteiger partial charge in [-0.3, -0.25) is 5.43 Å². The second-order valence-electron chi connectivity index (χ2n) is 5.07. The fourth-order valence-corrected chi connectivity index (χ4v) is 2.26. The molecule has 0 amide bonds. The first kappa shape index (κ1) is 16.8. The van der Waals surface area contributed by atoms with Gasteiger partial charge in [0.1, 0.15) is 12.2 Å². The SMILES string of the molecule is O[C@@H]1[C@H](O)/C(=N\NC(=S)NCc2ccccc2)[C@H](O)C[C@@H]1O. The second-order valence-corrected chi connectivity index (χ2v) is 5.48. The minimum Gasteiger partial charge on any atom is -0.390 e. The summed E-state index contributed by atoms with van der Waals surface area (Å²) in [5, 5.41) is 45.6. The van der Waals surface area contributed by atoms with Gasteiger partial charge in [0.15, 0.2) is 5.11 Å². The van der Waals surface area contributed by atoms with Crippen LogP contribution in [0.4, 0.5) is 0 Å². The third kappa shape index (κ3) is 4.21. The van der Waals surface area contributed by atoms with Crippen molar-refractivity contribution < 1.29 is 20.4 Å². The number of rotatable bonds is 3. The molecule has 6 N–H and O–H groups in total. The molecule has 1 aromatic rings. The van der Waals surface area contributed by atoms with Crippen LogP contribution in [0.25, 0.3) is 0 Å². The molecule has 1 fully saturated rings. The summed E-state index contributed by atoms with van der Waals surface area (Å²) in [5.41, 5.74) is 3.50. The lowest BCUT2D eigenvalue weighted by Crippen LogP contribution is -2.54. The molecule has 120 valence electrons. The highest BCUT2D eigenvalue weighted by Crippen LogP contribution is 2.18. The summed E-state index contributed by atoms with van der Waals surface area (Å²) < 4.78 is 0. The van der Waals surface area contributed by atoms with E-state index in [2.05, 4.69) is 15.8 Å². The van der Waals surface area contributed by atoms with Gasteiger partial charge in [0.25, 0.3) is 0 Å². The Labute approximate surface area is 133 Å². The van der Waals surface area contributed by atoms with Crippen LogP contribution in [0.3, 0.4) is 0 Å². The van der Waals surface area contributed by atoms with Crippen LogP contribution in [0, 0.1) is 0 Å². The first-order valence-corrected chi connectivity index (χ1v) is 7.27. The highest BCUT2D eigenvalue weighted by molar-refractivity contribution is 7.80. The molecule has 0 aromatic heterocycles. The van der Waals surface area contributed by atoms with Gasteiger partial charge in [0.2, 0.25) is 0 Å². The van der Waals surface area contributed by atoms with E-state index in [1.165, 1.54) is 0 Å². The number of aliphatic hydroxyl groups excluding tert-OH is 4. The third-order valence-electron chi connectivity index (χ3n) is 3.41. The van der Waals surface area contributed by atoms with Gasteiger partial charge in [0, 0.05) is 13.0 Å². The molecule has 22 heavy (non-hydrogen) atoms. The van der Waals surface area contributed by atoms with Crippen molar-refractivity contribution >= 4 is 23.0 Å². The summed E-state index contributed by atoms with van der Waals surface area (Å²) in [6.45, 7) is 0.504. The zero-order valence-electron chi connectivity index (χ0n) is 11.8. The lowest BCUT2D eigenvalue weighted by atomic mass is 9.88. The van der Waals surface area contributed by atoms with Gasteiger partial charge in [-0.2, -0.15) is 5.10 Å². The van der Waals surface area contributed by atoms with Crippen molar-refractivity contribution in [1.29, 1.82) is 0 Å². The highest BCUT2D eigenvalue weighted by atomic mass is 32.1. The molecule has 1 aliphatic rings. The molecule has 0 radical (unpaired) electrons. The van der Waals surface area contributed by atoms with Gasteiger partial charge in [0.05, 0.1) is 17.9 Å². The molecular formula is C14H19N3O4S. The molecule has 0 spiro atoms. The van der Waals surface area contributed by atoms with Crippen molar-refractivity contribution in [2.75, 3.05) is 0 Å². The molecule has 8 heteroatoms. The van der Waals surface area contributed by atoms with E-state index >= 15 is 0 Å². The maximum atomic E-state index is 9.79. The lowest BCUT2D eigenvalue weighted by molar-refractivity contribution is -0.0652. The Morgan fingerprint density at radius 3 is 2.55 bits per heavy atom. The van der Waals surface area contributed by atoms with Gasteiger partial charge in [-0.25, -0.2) is 0 Å². The van der Waals surface area contributed by atoms with Crippen molar-refractivity contribution in [1.82, 2.24) is 10.7 Å². The topological polar surface area (TPSA) is 117 Å². The first-order chi connectivity index (χ1) is 10.5. The zero-order chi connectivity index (χ0) is 16.1. The van der Waals surface area contributed by atoms with E-state index in [0.717, 1.165) is 5.56 Å². The molecule has 0 bridgehead atoms. The molecule has 1 aromatic carbocycles. The predicted octanol–water partition coefficient (Wildman–Crippen LogP) is -1.15. The molecule has 7 nitrogen and oxygen atoms in total. The van der Waals surface area contributed by atoms with Gasteiger partial charge < -0.3 is 25.7 Å². The maximum Gasteiger partial charge on any atom is 0.187 e. The molecule has 0 unspecified atom stereocenters. The number of nitrogens with one attached hydrogen (secondary N) is 2. The van der Waals surface area contributed by atoms with Crippen LogP contribution in [-0.4, -0.2) is 55.7 Å². The largest absolute Gasteiger partial charge is 0.390 e. The van der Waals surface area contributed by atoms with E-state index in [1.54, 1.807) is 0 Å². The van der Waals surface area contributed by atoms with Gasteiger partial charge in [-0.05, 0) is 17.8 Å². The summed E-state index contributed by atoms with van der Waals surface area (Å²) in [6, 6.07) is 9.61. The Balaban J connectivity index is 1.88. The molecule has 1 saturated carbocycles. The first-order valence-electron chi connectivity index (χ1n) is 6.86. The van der Waals surface area contributed by atoms with Gasteiger partial charge in [-0.15, -0.1) is 0 Å². The van der Waals surface area contributed by atoms with Gasteiger partial charge >= 0.3 is 0 Å². The Kier molecular flexibility index (Phi) is 5.81. The number of thiocarbonyl (C=S) groups is 1. The number of hydrazone groups is 1. The van der Waals surface area contributed by atoms with Crippen molar-refractivity contribution in [3.8, 4) is 0 Å². The monoisotopic (exact) mass is 325 g/mol. The standard InChI is InChI=1S/C14H19N3O4S/c18-9-6-10(19)12(20)13(21)11(9)16-17-14(22)15-7-8-4-2-1-3-5-8/h1-5,9-10,12-13,18-21H,6-7H2,(H2,15,17,22)/b16-11-/t9-,10+,12+,13-/m1/s1. The number of hydrogen-bond donors (Lipinski definition) is 6. The highest BCUT2D eigenvalue weighted by Gasteiger charge is 2.39. The summed E-state index contributed by atoms with van der Waals surface area (Å²) >= 11 is 5.05. The van der Waals surface area contributed by atoms with E-state index in [4.69, 9.17) is 12.2 Å². The number of nitrogens with zero attached hydrogens (tertiary/aromatic N) is 1. The number of hydrogen-bond acceptors (Lipinski definition) is 6. The summed E-state index contributed by atoms with van der Waals surface area (Å²) in [7, 11) is 0. The molecule has 2 rings (SSSR count). The van der Waals surface area contributed by atoms with Crippen molar-refractivity contribution in [2.24, 2.45) is 5.10 Å². The number of aliphatic hydroxyl groups is 4. The van der Waals surface area contributed by atoms with Gasteiger partial charge in [-0.1, -0.05) is 30.3 Å². The Morgan fingerprint density at radius 2 is 1.86 bits per heavy atom. The van der Waals surface area contributed by atoms with E-state index in [9.17, 15) is 20.4 Å². The Bertz CT molecular complexity index is 540. The minimum absolute atomic E-state index is 0.0540. The van der Waals surface area contributed by atoms with E-state index in [1.807, 2.05) is 30.3 Å². The molecule has 0 heterocycles. The zero-order valence-corrected chi connectivity index (χ0v) is 12.6. The van der Waals surface area contributed by atoms with Crippen LogP contribution in [0.5, 0.6) is 0 Å². The van der Waals surface area contributed by atoms with Crippen molar-refractivity contribution in [2.45, 2.75) is 37.4 Å². The van der Waals surface area contributed by atoms with Crippen LogP contribution in [0.15, 0.2) is 35.4 Å². The normalized spacial score (nSPS) is 30.1. The third-order valence-corrected chi connectivity index (χ3v) is 3.64. The molecule has 0 saturated heterocycles. The fourth-order valence-electron chi connectivity index (χ4n) is 2.15. The average molecular weight is 325 g/mol. The minimum atomic E-state index is -1.44. The molecule has 4 atom stereocenters. The predicted molar refractivity (Wildman–Crippen MR) is 85.1 cm³/mol.